The molecule has 0 unspecified atom stereocenters. The van der Waals surface area contributed by atoms with Crippen LogP contribution in [0.3, 0.4) is 0 Å². The fourth-order valence-electron chi connectivity index (χ4n) is 3.57. The van der Waals surface area contributed by atoms with E-state index in [1.807, 2.05) is 35.0 Å². The lowest BCUT2D eigenvalue weighted by atomic mass is 10.1. The predicted octanol–water partition coefficient (Wildman–Crippen LogP) is 3.05. The molecule has 0 aliphatic heterocycles. The maximum Gasteiger partial charge on any atom is 0.252 e. The normalized spacial score (nSPS) is 12.6. The minimum Gasteiger partial charge on any atom is -0.493 e. The van der Waals surface area contributed by atoms with E-state index in [0.717, 1.165) is 30.6 Å². The van der Waals surface area contributed by atoms with Crippen molar-refractivity contribution in [2.45, 2.75) is 25.9 Å². The second-order valence-corrected chi connectivity index (χ2v) is 6.46. The van der Waals surface area contributed by atoms with Gasteiger partial charge in [0.1, 0.15) is 12.3 Å². The van der Waals surface area contributed by atoms with Crippen LogP contribution in [0.5, 0.6) is 11.5 Å². The van der Waals surface area contributed by atoms with Crippen molar-refractivity contribution >= 4 is 5.91 Å². The van der Waals surface area contributed by atoms with Gasteiger partial charge in [0.15, 0.2) is 11.5 Å². The second-order valence-electron chi connectivity index (χ2n) is 6.46. The van der Waals surface area contributed by atoms with Crippen molar-refractivity contribution in [3.63, 3.8) is 0 Å². The molecular formula is C21H21N3O3. The number of carbonyl (C=O) groups is 1. The summed E-state index contributed by atoms with van der Waals surface area (Å²) < 4.78 is 13.3. The summed E-state index contributed by atoms with van der Waals surface area (Å²) in [5.41, 5.74) is 10.2. The van der Waals surface area contributed by atoms with Crippen LogP contribution in [0, 0.1) is 0 Å². The van der Waals surface area contributed by atoms with Crippen LogP contribution in [0.15, 0.2) is 48.5 Å². The summed E-state index contributed by atoms with van der Waals surface area (Å²) in [5.74, 6) is 0.280. The molecule has 0 radical (unpaired) electrons. The van der Waals surface area contributed by atoms with Crippen LogP contribution in [0.2, 0.25) is 0 Å². The number of para-hydroxylation sites is 2. The number of hydrogen-bond acceptors (Lipinski definition) is 4. The van der Waals surface area contributed by atoms with Crippen LogP contribution in [0.25, 0.3) is 5.69 Å². The number of carbonyl (C=O) groups excluding carboxylic acids is 1. The molecule has 27 heavy (non-hydrogen) atoms. The summed E-state index contributed by atoms with van der Waals surface area (Å²) in [6, 6.07) is 15.2. The van der Waals surface area contributed by atoms with Crippen LogP contribution in [-0.2, 0) is 19.4 Å². The molecule has 138 valence electrons. The van der Waals surface area contributed by atoms with E-state index in [1.165, 1.54) is 18.4 Å². The summed E-state index contributed by atoms with van der Waals surface area (Å²) in [4.78, 5) is 11.7. The van der Waals surface area contributed by atoms with E-state index in [-0.39, 0.29) is 6.61 Å². The lowest BCUT2D eigenvalue weighted by molar-refractivity contribution is 0.0995. The van der Waals surface area contributed by atoms with Gasteiger partial charge < -0.3 is 15.2 Å². The maximum absolute atomic E-state index is 11.7. The Hall–Kier alpha value is -3.28. The Morgan fingerprint density at radius 2 is 1.96 bits per heavy atom. The molecule has 2 aromatic carbocycles. The van der Waals surface area contributed by atoms with E-state index in [2.05, 4.69) is 0 Å². The van der Waals surface area contributed by atoms with Gasteiger partial charge in [0.25, 0.3) is 5.91 Å². The van der Waals surface area contributed by atoms with Gasteiger partial charge in [0.2, 0.25) is 0 Å². The molecular weight excluding hydrogens is 342 g/mol. The van der Waals surface area contributed by atoms with Crippen molar-refractivity contribution in [2.24, 2.45) is 5.73 Å². The number of benzene rings is 2. The first kappa shape index (κ1) is 17.1. The Balaban J connectivity index is 1.67. The van der Waals surface area contributed by atoms with E-state index in [9.17, 15) is 4.79 Å². The molecule has 6 heteroatoms. The number of amides is 1. The largest absolute Gasteiger partial charge is 0.493 e. The third-order valence-corrected chi connectivity index (χ3v) is 4.83. The van der Waals surface area contributed by atoms with Gasteiger partial charge in [-0.05, 0) is 43.5 Å². The number of primary amides is 1. The van der Waals surface area contributed by atoms with Gasteiger partial charge in [-0.2, -0.15) is 5.10 Å². The minimum absolute atomic E-state index is 0.253. The average Bonchev–Trinajstić information content (AvgIpc) is 3.29. The predicted molar refractivity (Wildman–Crippen MR) is 101 cm³/mol. The Labute approximate surface area is 157 Å². The van der Waals surface area contributed by atoms with Crippen molar-refractivity contribution in [1.82, 2.24) is 9.78 Å². The Morgan fingerprint density at radius 3 is 2.70 bits per heavy atom. The molecule has 0 fully saturated rings. The van der Waals surface area contributed by atoms with Crippen molar-refractivity contribution in [3.05, 3.63) is 71.0 Å². The van der Waals surface area contributed by atoms with Crippen molar-refractivity contribution in [3.8, 4) is 17.2 Å². The molecule has 4 rings (SSSR count). The first-order valence-electron chi connectivity index (χ1n) is 8.93. The van der Waals surface area contributed by atoms with E-state index in [1.54, 1.807) is 18.2 Å². The molecule has 0 bridgehead atoms. The molecule has 3 aromatic rings. The van der Waals surface area contributed by atoms with Crippen molar-refractivity contribution in [1.29, 1.82) is 0 Å². The van der Waals surface area contributed by atoms with Gasteiger partial charge in [-0.3, -0.25) is 4.79 Å². The third-order valence-electron chi connectivity index (χ3n) is 4.83. The standard InChI is InChI=1S/C21H21N3O3/c1-26-19-12-6-10-16(21(22)25)20(19)27-13-17-15-9-5-11-18(15)24(23-17)14-7-3-2-4-8-14/h2-4,6-8,10,12H,5,9,11,13H2,1H3,(H2,22,25). The van der Waals surface area contributed by atoms with Crippen LogP contribution >= 0.6 is 0 Å². The molecule has 0 atom stereocenters. The number of nitrogens with zero attached hydrogens (tertiary/aromatic N) is 2. The number of fused-ring (bicyclic) bond motifs is 1. The van der Waals surface area contributed by atoms with E-state index < -0.39 is 5.91 Å². The molecule has 0 saturated carbocycles. The lowest BCUT2D eigenvalue weighted by Gasteiger charge is -2.13. The van der Waals surface area contributed by atoms with Crippen LogP contribution in [0.4, 0.5) is 0 Å². The van der Waals surface area contributed by atoms with Gasteiger partial charge in [-0.1, -0.05) is 24.3 Å². The first-order valence-corrected chi connectivity index (χ1v) is 8.93. The highest BCUT2D eigenvalue weighted by Gasteiger charge is 2.24. The number of methoxy groups -OCH3 is 1. The highest BCUT2D eigenvalue weighted by atomic mass is 16.5. The Kier molecular flexibility index (Phi) is 4.54. The fourth-order valence-corrected chi connectivity index (χ4v) is 3.57. The number of rotatable bonds is 6. The van der Waals surface area contributed by atoms with E-state index in [4.69, 9.17) is 20.3 Å². The van der Waals surface area contributed by atoms with Crippen molar-refractivity contribution in [2.75, 3.05) is 7.11 Å². The van der Waals surface area contributed by atoms with Crippen LogP contribution in [0.1, 0.15) is 33.7 Å². The molecule has 0 spiro atoms. The van der Waals surface area contributed by atoms with Gasteiger partial charge in [-0.15, -0.1) is 0 Å². The fraction of sp³-hybridized carbons (Fsp3) is 0.238. The summed E-state index contributed by atoms with van der Waals surface area (Å²) in [7, 11) is 1.54. The zero-order valence-corrected chi connectivity index (χ0v) is 15.1. The zero-order chi connectivity index (χ0) is 18.8. The summed E-state index contributed by atoms with van der Waals surface area (Å²) in [6.07, 6.45) is 3.09. The maximum atomic E-state index is 11.7. The zero-order valence-electron chi connectivity index (χ0n) is 15.1. The minimum atomic E-state index is -0.552. The molecule has 1 heterocycles. The Bertz CT molecular complexity index is 980. The second kappa shape index (κ2) is 7.15. The quantitative estimate of drug-likeness (QED) is 0.730. The molecule has 1 aliphatic rings. The third kappa shape index (κ3) is 3.14. The van der Waals surface area contributed by atoms with Crippen LogP contribution < -0.4 is 15.2 Å². The van der Waals surface area contributed by atoms with Gasteiger partial charge in [-0.25, -0.2) is 4.68 Å². The monoisotopic (exact) mass is 363 g/mol. The molecule has 6 nitrogen and oxygen atoms in total. The molecule has 1 aliphatic carbocycles. The highest BCUT2D eigenvalue weighted by Crippen LogP contribution is 2.33. The SMILES string of the molecule is COc1cccc(C(N)=O)c1OCc1nn(-c2ccccc2)c2c1CCC2. The average molecular weight is 363 g/mol. The van der Waals surface area contributed by atoms with E-state index in [0.29, 0.717) is 17.1 Å². The lowest BCUT2D eigenvalue weighted by Crippen LogP contribution is -2.14. The van der Waals surface area contributed by atoms with Crippen LogP contribution in [-0.4, -0.2) is 22.8 Å². The summed E-state index contributed by atoms with van der Waals surface area (Å²) >= 11 is 0. The van der Waals surface area contributed by atoms with Gasteiger partial charge in [0, 0.05) is 11.3 Å². The molecule has 0 saturated heterocycles. The summed E-state index contributed by atoms with van der Waals surface area (Å²) in [6.45, 7) is 0.253. The topological polar surface area (TPSA) is 79.4 Å². The highest BCUT2D eigenvalue weighted by molar-refractivity contribution is 5.96. The first-order chi connectivity index (χ1) is 13.2. The smallest absolute Gasteiger partial charge is 0.252 e. The molecule has 1 aromatic heterocycles. The number of ether oxygens (including phenoxy) is 2. The number of nitrogens with two attached hydrogens (primary N) is 1. The number of hydrogen-bond donors (Lipinski definition) is 1. The number of aromatic nitrogens is 2. The Morgan fingerprint density at radius 1 is 1.15 bits per heavy atom. The van der Waals surface area contributed by atoms with Gasteiger partial charge >= 0.3 is 0 Å². The van der Waals surface area contributed by atoms with Crippen molar-refractivity contribution < 1.29 is 14.3 Å². The summed E-state index contributed by atoms with van der Waals surface area (Å²) in [5, 5.41) is 4.78. The van der Waals surface area contributed by atoms with Gasteiger partial charge in [0.05, 0.1) is 18.4 Å². The molecule has 2 N–H and O–H groups in total. The van der Waals surface area contributed by atoms with E-state index >= 15 is 0 Å². The molecule has 1 amide bonds.